The maximum absolute atomic E-state index is 11.2. The second-order valence-corrected chi connectivity index (χ2v) is 7.75. The van der Waals surface area contributed by atoms with Crippen molar-refractivity contribution in [3.05, 3.63) is 0 Å². The Morgan fingerprint density at radius 2 is 1.14 bits per heavy atom. The second-order valence-electron chi connectivity index (χ2n) is 7.75. The van der Waals surface area contributed by atoms with Crippen LogP contribution in [-0.4, -0.2) is 33.7 Å². The van der Waals surface area contributed by atoms with Crippen LogP contribution < -0.4 is 0 Å². The first kappa shape index (κ1) is 12.8. The van der Waals surface area contributed by atoms with Gasteiger partial charge in [0.05, 0.1) is 11.8 Å². The van der Waals surface area contributed by atoms with Crippen molar-refractivity contribution >= 4 is 23.5 Å². The number of hydrogen-bond acceptors (Lipinski definition) is 4. The molecule has 0 aliphatic heterocycles. The number of carbonyl (C=O) groups excluding carboxylic acids is 2. The summed E-state index contributed by atoms with van der Waals surface area (Å²) >= 11 is 0. The van der Waals surface area contributed by atoms with E-state index >= 15 is 0 Å². The number of aliphatic carboxylic acids is 2. The van der Waals surface area contributed by atoms with E-state index in [1.54, 1.807) is 0 Å². The second kappa shape index (κ2) is 3.60. The number of Topliss-reactive ketones (excluding diaryl/α,β-unsaturated/α-hetero) is 2. The van der Waals surface area contributed by atoms with Crippen LogP contribution in [0.2, 0.25) is 0 Å². The lowest BCUT2D eigenvalue weighted by Crippen LogP contribution is -2.19. The highest BCUT2D eigenvalue weighted by Gasteiger charge is 2.76. The third-order valence-electron chi connectivity index (χ3n) is 7.17. The van der Waals surface area contributed by atoms with Gasteiger partial charge in [0.1, 0.15) is 11.6 Å². The summed E-state index contributed by atoms with van der Waals surface area (Å²) in [6, 6.07) is 0. The smallest absolute Gasteiger partial charge is 0.307 e. The SMILES string of the molecule is O=C(O)[C@@H]1[C@@H]2[C@@H]3C[C@H]1C(=O)[C@@H]32.O=C(O)[C@H]1[C@H]2[C@H]3C[C@@H]1C(=O)[C@H]32. The van der Waals surface area contributed by atoms with Gasteiger partial charge in [0.2, 0.25) is 0 Å². The minimum Gasteiger partial charge on any atom is -0.481 e. The Balaban J connectivity index is 0.000000102. The topological polar surface area (TPSA) is 109 Å². The highest BCUT2D eigenvalue weighted by molar-refractivity contribution is 5.99. The fourth-order valence-electron chi connectivity index (χ4n) is 6.36. The normalized spacial score (nSPS) is 56.7. The van der Waals surface area contributed by atoms with Gasteiger partial charge >= 0.3 is 11.9 Å². The monoisotopic (exact) mass is 304 g/mol. The van der Waals surface area contributed by atoms with E-state index in [9.17, 15) is 19.2 Å². The summed E-state index contributed by atoms with van der Waals surface area (Å²) in [7, 11) is 0. The zero-order chi connectivity index (χ0) is 15.5. The van der Waals surface area contributed by atoms with Crippen molar-refractivity contribution < 1.29 is 29.4 Å². The molecule has 6 heteroatoms. The fourth-order valence-corrected chi connectivity index (χ4v) is 6.36. The van der Waals surface area contributed by atoms with E-state index in [1.807, 2.05) is 0 Å². The Hall–Kier alpha value is -1.72. The van der Waals surface area contributed by atoms with Crippen LogP contribution in [0.15, 0.2) is 0 Å². The molecule has 0 aromatic heterocycles. The van der Waals surface area contributed by atoms with Gasteiger partial charge in [0.25, 0.3) is 0 Å². The third kappa shape index (κ3) is 1.24. The third-order valence-corrected chi connectivity index (χ3v) is 7.17. The maximum Gasteiger partial charge on any atom is 0.307 e. The molecule has 0 radical (unpaired) electrons. The van der Waals surface area contributed by atoms with Crippen LogP contribution in [-0.2, 0) is 19.2 Å². The minimum absolute atomic E-state index is 0.104. The highest BCUT2D eigenvalue weighted by atomic mass is 16.4. The predicted octanol–water partition coefficient (Wildman–Crippen LogP) is 0.304. The van der Waals surface area contributed by atoms with Crippen molar-refractivity contribution in [1.82, 2.24) is 0 Å². The van der Waals surface area contributed by atoms with Crippen molar-refractivity contribution in [3.8, 4) is 0 Å². The van der Waals surface area contributed by atoms with Gasteiger partial charge in [0, 0.05) is 23.7 Å². The number of hydrogen-bond donors (Lipinski definition) is 2. The van der Waals surface area contributed by atoms with E-state index in [0.717, 1.165) is 12.8 Å². The molecule has 22 heavy (non-hydrogen) atoms. The van der Waals surface area contributed by atoms with Gasteiger partial charge in [0.15, 0.2) is 0 Å². The van der Waals surface area contributed by atoms with Crippen molar-refractivity contribution in [2.24, 2.45) is 59.2 Å². The lowest BCUT2D eigenvalue weighted by Gasteiger charge is -2.05. The van der Waals surface area contributed by atoms with Gasteiger partial charge in [-0.1, -0.05) is 0 Å². The van der Waals surface area contributed by atoms with E-state index in [1.165, 1.54) is 0 Å². The van der Waals surface area contributed by atoms with Crippen molar-refractivity contribution in [2.45, 2.75) is 12.8 Å². The summed E-state index contributed by atoms with van der Waals surface area (Å²) in [6.07, 6.45) is 1.73. The van der Waals surface area contributed by atoms with Crippen LogP contribution in [0.25, 0.3) is 0 Å². The molecule has 8 bridgehead atoms. The number of rotatable bonds is 2. The molecular formula is C16H16O6. The van der Waals surface area contributed by atoms with E-state index in [0.29, 0.717) is 11.8 Å². The molecule has 0 amide bonds. The van der Waals surface area contributed by atoms with Gasteiger partial charge in [-0.05, 0) is 36.5 Å². The molecule has 0 saturated heterocycles. The first-order chi connectivity index (χ1) is 10.4. The standard InChI is InChI=1S/2C8H8O3/c2*9-7-3-1-2-4(5(2)7)6(3)8(10)11/h2*2-6H,1H2,(H,10,11)/t2*2-,3+,4+,5-,6-/m10/s1. The Morgan fingerprint density at radius 1 is 0.773 bits per heavy atom. The molecule has 8 fully saturated rings. The molecule has 0 aromatic carbocycles. The lowest BCUT2D eigenvalue weighted by atomic mass is 9.98. The summed E-state index contributed by atoms with van der Waals surface area (Å²) in [5, 5.41) is 17.5. The van der Waals surface area contributed by atoms with Crippen LogP contribution in [0.1, 0.15) is 12.8 Å². The Labute approximate surface area is 125 Å². The van der Waals surface area contributed by atoms with Crippen molar-refractivity contribution in [3.63, 3.8) is 0 Å². The number of ketones is 2. The first-order valence-electron chi connectivity index (χ1n) is 7.96. The molecule has 10 atom stereocenters. The molecular weight excluding hydrogens is 288 g/mol. The molecule has 116 valence electrons. The van der Waals surface area contributed by atoms with Crippen molar-refractivity contribution in [1.29, 1.82) is 0 Å². The summed E-state index contributed by atoms with van der Waals surface area (Å²) in [4.78, 5) is 43.8. The van der Waals surface area contributed by atoms with E-state index < -0.39 is 11.9 Å². The molecule has 0 heterocycles. The summed E-state index contributed by atoms with van der Waals surface area (Å²) in [6.45, 7) is 0. The average molecular weight is 304 g/mol. The van der Waals surface area contributed by atoms with Crippen LogP contribution in [0.4, 0.5) is 0 Å². The molecule has 0 unspecified atom stereocenters. The first-order valence-corrected chi connectivity index (χ1v) is 7.96. The lowest BCUT2D eigenvalue weighted by molar-refractivity contribution is -0.144. The van der Waals surface area contributed by atoms with Gasteiger partial charge in [-0.2, -0.15) is 0 Å². The quantitative estimate of drug-likeness (QED) is 0.759. The summed E-state index contributed by atoms with van der Waals surface area (Å²) in [5.74, 6) is -0.0964. The van der Waals surface area contributed by atoms with Crippen LogP contribution in [0.3, 0.4) is 0 Å². The molecule has 6 nitrogen and oxygen atoms in total. The Bertz CT molecular complexity index is 597. The highest BCUT2D eigenvalue weighted by Crippen LogP contribution is 2.71. The molecule has 0 aromatic rings. The van der Waals surface area contributed by atoms with Crippen LogP contribution >= 0.6 is 0 Å². The number of carbonyl (C=O) groups is 4. The molecule has 8 saturated carbocycles. The number of carboxylic acid groups (broad SMARTS) is 2. The average Bonchev–Trinajstić information content (AvgIpc) is 2.93. The van der Waals surface area contributed by atoms with Crippen LogP contribution in [0, 0.1) is 59.2 Å². The fraction of sp³-hybridized carbons (Fsp3) is 0.750. The molecule has 8 aliphatic rings. The Morgan fingerprint density at radius 3 is 1.23 bits per heavy atom. The molecule has 8 rings (SSSR count). The molecule has 8 aliphatic carbocycles. The van der Waals surface area contributed by atoms with Gasteiger partial charge in [-0.25, -0.2) is 0 Å². The largest absolute Gasteiger partial charge is 0.481 e. The summed E-state index contributed by atoms with van der Waals surface area (Å²) < 4.78 is 0. The van der Waals surface area contributed by atoms with Crippen molar-refractivity contribution in [2.75, 3.05) is 0 Å². The maximum atomic E-state index is 11.2. The predicted molar refractivity (Wildman–Crippen MR) is 69.4 cm³/mol. The van der Waals surface area contributed by atoms with E-state index in [2.05, 4.69) is 0 Å². The summed E-state index contributed by atoms with van der Waals surface area (Å²) in [5.41, 5.74) is 0. The Kier molecular flexibility index (Phi) is 2.09. The van der Waals surface area contributed by atoms with Gasteiger partial charge in [-0.15, -0.1) is 0 Å². The number of carboxylic acids is 2. The molecule has 2 N–H and O–H groups in total. The van der Waals surface area contributed by atoms with E-state index in [4.69, 9.17) is 10.2 Å². The minimum atomic E-state index is -0.754. The van der Waals surface area contributed by atoms with Gasteiger partial charge in [-0.3, -0.25) is 19.2 Å². The van der Waals surface area contributed by atoms with Crippen LogP contribution in [0.5, 0.6) is 0 Å². The zero-order valence-electron chi connectivity index (χ0n) is 11.7. The zero-order valence-corrected chi connectivity index (χ0v) is 11.7. The molecule has 0 spiro atoms. The van der Waals surface area contributed by atoms with Gasteiger partial charge < -0.3 is 10.2 Å². The van der Waals surface area contributed by atoms with E-state index in [-0.39, 0.29) is 58.9 Å².